The van der Waals surface area contributed by atoms with Crippen LogP contribution in [0, 0.1) is 5.92 Å². The Morgan fingerprint density at radius 2 is 2.17 bits per heavy atom. The van der Waals surface area contributed by atoms with Crippen molar-refractivity contribution in [2.24, 2.45) is 5.92 Å². The van der Waals surface area contributed by atoms with Crippen molar-refractivity contribution >= 4 is 11.6 Å². The average molecular weight is 316 g/mol. The predicted octanol–water partition coefficient (Wildman–Crippen LogP) is 2.75. The number of likely N-dealkylation sites (tertiary alicyclic amines) is 1. The van der Waals surface area contributed by atoms with Crippen molar-refractivity contribution in [3.63, 3.8) is 0 Å². The minimum atomic E-state index is -0.452. The minimum Gasteiger partial charge on any atom is -0.387 e. The van der Waals surface area contributed by atoms with Crippen LogP contribution in [0.5, 0.6) is 0 Å². The first kappa shape index (κ1) is 16.5. The summed E-state index contributed by atoms with van der Waals surface area (Å²) in [5.41, 5.74) is 3.16. The van der Waals surface area contributed by atoms with Crippen molar-refractivity contribution in [3.8, 4) is 0 Å². The van der Waals surface area contributed by atoms with E-state index in [0.717, 1.165) is 36.7 Å². The van der Waals surface area contributed by atoms with Crippen molar-refractivity contribution in [2.45, 2.75) is 52.2 Å². The van der Waals surface area contributed by atoms with Gasteiger partial charge in [0.25, 0.3) is 0 Å². The molecular formula is C19H28N2O2. The SMILES string of the molecule is CC(=O)N1c2ccc([C@H](O)CN3CCC[C@H](C)C3)cc2C[C@H]1C. The van der Waals surface area contributed by atoms with Crippen LogP contribution < -0.4 is 4.90 Å². The molecule has 0 bridgehead atoms. The normalized spacial score (nSPS) is 26.2. The molecule has 126 valence electrons. The molecule has 1 saturated heterocycles. The van der Waals surface area contributed by atoms with E-state index < -0.39 is 6.10 Å². The van der Waals surface area contributed by atoms with Gasteiger partial charge in [0.15, 0.2) is 0 Å². The van der Waals surface area contributed by atoms with Gasteiger partial charge in [-0.15, -0.1) is 0 Å². The summed E-state index contributed by atoms with van der Waals surface area (Å²) in [6.45, 7) is 8.85. The molecule has 1 aromatic carbocycles. The van der Waals surface area contributed by atoms with Gasteiger partial charge in [-0.25, -0.2) is 0 Å². The van der Waals surface area contributed by atoms with Gasteiger partial charge < -0.3 is 14.9 Å². The Morgan fingerprint density at radius 3 is 2.87 bits per heavy atom. The molecule has 4 nitrogen and oxygen atoms in total. The number of hydrogen-bond donors (Lipinski definition) is 1. The fourth-order valence-corrected chi connectivity index (χ4v) is 4.14. The second-order valence-corrected chi connectivity index (χ2v) is 7.35. The lowest BCUT2D eigenvalue weighted by Crippen LogP contribution is -2.37. The van der Waals surface area contributed by atoms with Crippen LogP contribution >= 0.6 is 0 Å². The van der Waals surface area contributed by atoms with E-state index in [1.807, 2.05) is 17.0 Å². The third-order valence-electron chi connectivity index (χ3n) is 5.22. The van der Waals surface area contributed by atoms with Gasteiger partial charge in [-0.1, -0.05) is 19.1 Å². The Morgan fingerprint density at radius 1 is 1.39 bits per heavy atom. The monoisotopic (exact) mass is 316 g/mol. The summed E-state index contributed by atoms with van der Waals surface area (Å²) >= 11 is 0. The highest BCUT2D eigenvalue weighted by Gasteiger charge is 2.29. The molecule has 0 radical (unpaired) electrons. The lowest BCUT2D eigenvalue weighted by Gasteiger charge is -2.32. The minimum absolute atomic E-state index is 0.0897. The van der Waals surface area contributed by atoms with E-state index in [1.165, 1.54) is 18.4 Å². The highest BCUT2D eigenvalue weighted by molar-refractivity contribution is 5.94. The standard InChI is InChI=1S/C19H28N2O2/c1-13-5-4-8-20(11-13)12-19(23)16-6-7-18-17(10-16)9-14(2)21(18)15(3)22/h6-7,10,13-14,19,23H,4-5,8-9,11-12H2,1-3H3/t13-,14+,19+/m0/s1. The number of aliphatic hydroxyl groups excluding tert-OH is 1. The first-order chi connectivity index (χ1) is 11.0. The van der Waals surface area contributed by atoms with Crippen LogP contribution in [0.3, 0.4) is 0 Å². The van der Waals surface area contributed by atoms with Crippen molar-refractivity contribution in [3.05, 3.63) is 29.3 Å². The smallest absolute Gasteiger partial charge is 0.224 e. The van der Waals surface area contributed by atoms with Crippen LogP contribution in [-0.4, -0.2) is 41.6 Å². The van der Waals surface area contributed by atoms with Crippen molar-refractivity contribution in [2.75, 3.05) is 24.5 Å². The van der Waals surface area contributed by atoms with Crippen LogP contribution in [-0.2, 0) is 11.2 Å². The molecule has 3 atom stereocenters. The highest BCUT2D eigenvalue weighted by atomic mass is 16.3. The molecule has 4 heteroatoms. The molecule has 2 aliphatic rings. The first-order valence-electron chi connectivity index (χ1n) is 8.78. The summed E-state index contributed by atoms with van der Waals surface area (Å²) in [4.78, 5) is 16.0. The molecule has 1 fully saturated rings. The Bertz CT molecular complexity index is 587. The summed E-state index contributed by atoms with van der Waals surface area (Å²) in [6.07, 6.45) is 2.94. The maximum Gasteiger partial charge on any atom is 0.224 e. The van der Waals surface area contributed by atoms with Gasteiger partial charge in [-0.2, -0.15) is 0 Å². The van der Waals surface area contributed by atoms with E-state index in [9.17, 15) is 9.90 Å². The number of aliphatic hydroxyl groups is 1. The number of carbonyl (C=O) groups excluding carboxylic acids is 1. The van der Waals surface area contributed by atoms with Gasteiger partial charge >= 0.3 is 0 Å². The van der Waals surface area contributed by atoms with Crippen molar-refractivity contribution in [1.82, 2.24) is 4.90 Å². The number of anilines is 1. The molecule has 0 aliphatic carbocycles. The van der Waals surface area contributed by atoms with Crippen molar-refractivity contribution < 1.29 is 9.90 Å². The largest absolute Gasteiger partial charge is 0.387 e. The van der Waals surface area contributed by atoms with E-state index in [-0.39, 0.29) is 11.9 Å². The fraction of sp³-hybridized carbons (Fsp3) is 0.632. The molecule has 1 amide bonds. The molecule has 1 aromatic rings. The van der Waals surface area contributed by atoms with Gasteiger partial charge in [0.05, 0.1) is 6.10 Å². The summed E-state index contributed by atoms with van der Waals surface area (Å²) < 4.78 is 0. The van der Waals surface area contributed by atoms with E-state index in [4.69, 9.17) is 0 Å². The van der Waals surface area contributed by atoms with Crippen molar-refractivity contribution in [1.29, 1.82) is 0 Å². The molecule has 2 aliphatic heterocycles. The Balaban J connectivity index is 1.72. The second-order valence-electron chi connectivity index (χ2n) is 7.35. The van der Waals surface area contributed by atoms with Gasteiger partial charge in [-0.3, -0.25) is 4.79 Å². The topological polar surface area (TPSA) is 43.8 Å². The molecule has 0 unspecified atom stereocenters. The summed E-state index contributed by atoms with van der Waals surface area (Å²) in [7, 11) is 0. The fourth-order valence-electron chi connectivity index (χ4n) is 4.14. The van der Waals surface area contributed by atoms with Gasteiger partial charge in [-0.05, 0) is 55.8 Å². The Labute approximate surface area is 139 Å². The van der Waals surface area contributed by atoms with E-state index in [0.29, 0.717) is 6.54 Å². The molecule has 0 aromatic heterocycles. The molecule has 1 N–H and O–H groups in total. The van der Waals surface area contributed by atoms with Crippen LogP contribution in [0.2, 0.25) is 0 Å². The number of piperidine rings is 1. The summed E-state index contributed by atoms with van der Waals surface area (Å²) in [5, 5.41) is 10.6. The third-order valence-corrected chi connectivity index (χ3v) is 5.22. The number of rotatable bonds is 3. The van der Waals surface area contributed by atoms with Gasteiger partial charge in [0.1, 0.15) is 0 Å². The third kappa shape index (κ3) is 3.43. The zero-order chi connectivity index (χ0) is 16.6. The van der Waals surface area contributed by atoms with E-state index in [1.54, 1.807) is 6.92 Å². The first-order valence-corrected chi connectivity index (χ1v) is 8.78. The zero-order valence-corrected chi connectivity index (χ0v) is 14.5. The zero-order valence-electron chi connectivity index (χ0n) is 14.5. The number of β-amino-alcohol motifs (C(OH)–C–C–N with tert-alkyl or cyclic N) is 1. The van der Waals surface area contributed by atoms with Crippen LogP contribution in [0.4, 0.5) is 5.69 Å². The number of carbonyl (C=O) groups is 1. The average Bonchev–Trinajstić information content (AvgIpc) is 2.82. The lowest BCUT2D eigenvalue weighted by molar-refractivity contribution is -0.116. The molecule has 2 heterocycles. The molecular weight excluding hydrogens is 288 g/mol. The number of hydrogen-bond acceptors (Lipinski definition) is 3. The van der Waals surface area contributed by atoms with E-state index in [2.05, 4.69) is 24.8 Å². The van der Waals surface area contributed by atoms with Gasteiger partial charge in [0, 0.05) is 31.7 Å². The maximum absolute atomic E-state index is 11.8. The van der Waals surface area contributed by atoms with Crippen LogP contribution in [0.15, 0.2) is 18.2 Å². The Hall–Kier alpha value is -1.39. The van der Waals surface area contributed by atoms with Gasteiger partial charge in [0.2, 0.25) is 5.91 Å². The maximum atomic E-state index is 11.8. The van der Waals surface area contributed by atoms with Crippen LogP contribution in [0.1, 0.15) is 50.8 Å². The molecule has 0 saturated carbocycles. The molecule has 23 heavy (non-hydrogen) atoms. The number of nitrogens with zero attached hydrogens (tertiary/aromatic N) is 2. The summed E-state index contributed by atoms with van der Waals surface area (Å²) in [6, 6.07) is 6.27. The predicted molar refractivity (Wildman–Crippen MR) is 92.6 cm³/mol. The highest BCUT2D eigenvalue weighted by Crippen LogP contribution is 2.34. The quantitative estimate of drug-likeness (QED) is 0.932. The number of benzene rings is 1. The lowest BCUT2D eigenvalue weighted by atomic mass is 9.98. The Kier molecular flexibility index (Phi) is 4.74. The summed E-state index contributed by atoms with van der Waals surface area (Å²) in [5.74, 6) is 0.813. The second kappa shape index (κ2) is 6.62. The van der Waals surface area contributed by atoms with E-state index >= 15 is 0 Å². The number of amides is 1. The van der Waals surface area contributed by atoms with Crippen LogP contribution in [0.25, 0.3) is 0 Å². The number of fused-ring (bicyclic) bond motifs is 1. The molecule has 0 spiro atoms. The molecule has 3 rings (SSSR count).